The molecule has 108 valence electrons. The van der Waals surface area contributed by atoms with E-state index in [0.717, 1.165) is 34.1 Å². The molecule has 0 aliphatic rings. The number of anilines is 1. The van der Waals surface area contributed by atoms with Crippen LogP contribution >= 0.6 is 0 Å². The van der Waals surface area contributed by atoms with Crippen LogP contribution in [0.15, 0.2) is 18.2 Å². The lowest BCUT2D eigenvalue weighted by atomic mass is 10.2. The summed E-state index contributed by atoms with van der Waals surface area (Å²) in [5, 5.41) is 7.82. The Morgan fingerprint density at radius 2 is 1.95 bits per heavy atom. The van der Waals surface area contributed by atoms with Crippen molar-refractivity contribution in [2.45, 2.75) is 20.4 Å². The van der Waals surface area contributed by atoms with Crippen LogP contribution in [0.3, 0.4) is 0 Å². The van der Waals surface area contributed by atoms with Crippen molar-refractivity contribution in [3.05, 3.63) is 35.2 Å². The molecule has 20 heavy (non-hydrogen) atoms. The van der Waals surface area contributed by atoms with Gasteiger partial charge in [-0.3, -0.25) is 4.68 Å². The fourth-order valence-electron chi connectivity index (χ4n) is 2.21. The highest BCUT2D eigenvalue weighted by atomic mass is 16.5. The molecular formula is C15H21N3O2. The molecule has 1 heterocycles. The minimum absolute atomic E-state index is 0.681. The molecule has 0 atom stereocenters. The van der Waals surface area contributed by atoms with Crippen LogP contribution in [0.1, 0.15) is 17.0 Å². The average molecular weight is 275 g/mol. The van der Waals surface area contributed by atoms with Gasteiger partial charge in [0, 0.05) is 25.2 Å². The van der Waals surface area contributed by atoms with Gasteiger partial charge in [-0.05, 0) is 26.0 Å². The Morgan fingerprint density at radius 3 is 2.50 bits per heavy atom. The predicted octanol–water partition coefficient (Wildman–Crippen LogP) is 2.67. The fraction of sp³-hybridized carbons (Fsp3) is 0.400. The van der Waals surface area contributed by atoms with Crippen molar-refractivity contribution in [1.29, 1.82) is 0 Å². The normalized spacial score (nSPS) is 10.4. The molecule has 5 nitrogen and oxygen atoms in total. The SMILES string of the molecule is COc1ccc(CNc2c(C)nn(C)c2C)c(OC)c1. The standard InChI is InChI=1S/C15H21N3O2/c1-10-15(11(2)18(3)17-10)16-9-12-6-7-13(19-4)8-14(12)20-5/h6-8,16H,9H2,1-5H3. The first-order valence-corrected chi connectivity index (χ1v) is 6.51. The van der Waals surface area contributed by atoms with Crippen LogP contribution in [0, 0.1) is 13.8 Å². The molecule has 0 spiro atoms. The molecule has 1 aromatic carbocycles. The van der Waals surface area contributed by atoms with Crippen molar-refractivity contribution in [3.8, 4) is 11.5 Å². The summed E-state index contributed by atoms with van der Waals surface area (Å²) in [4.78, 5) is 0. The van der Waals surface area contributed by atoms with E-state index in [9.17, 15) is 0 Å². The number of hydrogen-bond acceptors (Lipinski definition) is 4. The van der Waals surface area contributed by atoms with E-state index in [-0.39, 0.29) is 0 Å². The van der Waals surface area contributed by atoms with E-state index in [1.165, 1.54) is 0 Å². The molecule has 1 aromatic heterocycles. The first-order valence-electron chi connectivity index (χ1n) is 6.51. The second-order valence-electron chi connectivity index (χ2n) is 4.70. The zero-order valence-electron chi connectivity index (χ0n) is 12.7. The van der Waals surface area contributed by atoms with Gasteiger partial charge >= 0.3 is 0 Å². The molecule has 0 aliphatic heterocycles. The van der Waals surface area contributed by atoms with E-state index in [0.29, 0.717) is 6.54 Å². The summed E-state index contributed by atoms with van der Waals surface area (Å²) < 4.78 is 12.5. The van der Waals surface area contributed by atoms with Gasteiger partial charge in [-0.25, -0.2) is 0 Å². The lowest BCUT2D eigenvalue weighted by molar-refractivity contribution is 0.391. The number of nitrogens with one attached hydrogen (secondary N) is 1. The van der Waals surface area contributed by atoms with Crippen LogP contribution in [-0.2, 0) is 13.6 Å². The third-order valence-electron chi connectivity index (χ3n) is 3.46. The summed E-state index contributed by atoms with van der Waals surface area (Å²) >= 11 is 0. The monoisotopic (exact) mass is 275 g/mol. The number of rotatable bonds is 5. The Kier molecular flexibility index (Phi) is 4.17. The first kappa shape index (κ1) is 14.2. The van der Waals surface area contributed by atoms with Crippen LogP contribution in [0.5, 0.6) is 11.5 Å². The summed E-state index contributed by atoms with van der Waals surface area (Å²) in [6.45, 7) is 4.73. The molecular weight excluding hydrogens is 254 g/mol. The Balaban J connectivity index is 2.18. The molecule has 0 bridgehead atoms. The van der Waals surface area contributed by atoms with Crippen molar-refractivity contribution in [2.75, 3.05) is 19.5 Å². The topological polar surface area (TPSA) is 48.3 Å². The van der Waals surface area contributed by atoms with Crippen LogP contribution in [0.2, 0.25) is 0 Å². The molecule has 0 saturated carbocycles. The van der Waals surface area contributed by atoms with E-state index in [1.54, 1.807) is 14.2 Å². The second kappa shape index (κ2) is 5.86. The molecule has 0 saturated heterocycles. The lowest BCUT2D eigenvalue weighted by Crippen LogP contribution is -2.04. The van der Waals surface area contributed by atoms with Crippen molar-refractivity contribution in [3.63, 3.8) is 0 Å². The van der Waals surface area contributed by atoms with Crippen molar-refractivity contribution >= 4 is 5.69 Å². The number of benzene rings is 1. The molecule has 2 aromatic rings. The largest absolute Gasteiger partial charge is 0.497 e. The van der Waals surface area contributed by atoms with Gasteiger partial charge < -0.3 is 14.8 Å². The van der Waals surface area contributed by atoms with E-state index in [1.807, 2.05) is 43.8 Å². The number of aryl methyl sites for hydroxylation is 2. The molecule has 0 aliphatic carbocycles. The number of methoxy groups -OCH3 is 2. The minimum Gasteiger partial charge on any atom is -0.497 e. The summed E-state index contributed by atoms with van der Waals surface area (Å²) in [6, 6.07) is 5.83. The third-order valence-corrected chi connectivity index (χ3v) is 3.46. The maximum Gasteiger partial charge on any atom is 0.127 e. The smallest absolute Gasteiger partial charge is 0.127 e. The van der Waals surface area contributed by atoms with Crippen LogP contribution in [-0.4, -0.2) is 24.0 Å². The van der Waals surface area contributed by atoms with E-state index in [4.69, 9.17) is 9.47 Å². The number of ether oxygens (including phenoxy) is 2. The van der Waals surface area contributed by atoms with Gasteiger partial charge in [0.15, 0.2) is 0 Å². The van der Waals surface area contributed by atoms with Gasteiger partial charge in [-0.1, -0.05) is 0 Å². The van der Waals surface area contributed by atoms with Gasteiger partial charge in [-0.15, -0.1) is 0 Å². The Morgan fingerprint density at radius 1 is 1.20 bits per heavy atom. The second-order valence-corrected chi connectivity index (χ2v) is 4.70. The summed E-state index contributed by atoms with van der Waals surface area (Å²) in [7, 11) is 5.26. The van der Waals surface area contributed by atoms with Crippen LogP contribution < -0.4 is 14.8 Å². The van der Waals surface area contributed by atoms with Gasteiger partial charge in [0.1, 0.15) is 11.5 Å². The van der Waals surface area contributed by atoms with Crippen LogP contribution in [0.4, 0.5) is 5.69 Å². The highest BCUT2D eigenvalue weighted by Crippen LogP contribution is 2.26. The summed E-state index contributed by atoms with van der Waals surface area (Å²) in [6.07, 6.45) is 0. The predicted molar refractivity (Wildman–Crippen MR) is 79.6 cm³/mol. The van der Waals surface area contributed by atoms with Gasteiger partial charge in [-0.2, -0.15) is 5.10 Å². The molecule has 1 N–H and O–H groups in total. The van der Waals surface area contributed by atoms with E-state index >= 15 is 0 Å². The quantitative estimate of drug-likeness (QED) is 0.911. The summed E-state index contributed by atoms with van der Waals surface area (Å²) in [5.41, 5.74) is 4.27. The minimum atomic E-state index is 0.681. The Hall–Kier alpha value is -2.17. The van der Waals surface area contributed by atoms with Crippen molar-refractivity contribution in [2.24, 2.45) is 7.05 Å². The molecule has 2 rings (SSSR count). The highest BCUT2D eigenvalue weighted by Gasteiger charge is 2.10. The lowest BCUT2D eigenvalue weighted by Gasteiger charge is -2.12. The molecule has 0 radical (unpaired) electrons. The molecule has 0 unspecified atom stereocenters. The highest BCUT2D eigenvalue weighted by molar-refractivity contribution is 5.53. The maximum atomic E-state index is 5.40. The molecule has 0 fully saturated rings. The zero-order valence-corrected chi connectivity index (χ0v) is 12.7. The van der Waals surface area contributed by atoms with Gasteiger partial charge in [0.05, 0.1) is 31.3 Å². The fourth-order valence-corrected chi connectivity index (χ4v) is 2.21. The van der Waals surface area contributed by atoms with Crippen LogP contribution in [0.25, 0.3) is 0 Å². The van der Waals surface area contributed by atoms with Gasteiger partial charge in [0.2, 0.25) is 0 Å². The molecule has 0 amide bonds. The van der Waals surface area contributed by atoms with Crippen molar-refractivity contribution in [1.82, 2.24) is 9.78 Å². The van der Waals surface area contributed by atoms with E-state index in [2.05, 4.69) is 10.4 Å². The van der Waals surface area contributed by atoms with Crippen molar-refractivity contribution < 1.29 is 9.47 Å². The Labute approximate surface area is 119 Å². The molecule has 5 heteroatoms. The zero-order chi connectivity index (χ0) is 14.7. The average Bonchev–Trinajstić information content (AvgIpc) is 2.70. The van der Waals surface area contributed by atoms with E-state index < -0.39 is 0 Å². The van der Waals surface area contributed by atoms with Gasteiger partial charge in [0.25, 0.3) is 0 Å². The number of aromatic nitrogens is 2. The first-order chi connectivity index (χ1) is 9.56. The summed E-state index contributed by atoms with van der Waals surface area (Å²) in [5.74, 6) is 1.61. The number of hydrogen-bond donors (Lipinski definition) is 1. The Bertz CT molecular complexity index is 605. The maximum absolute atomic E-state index is 5.40. The number of nitrogens with zero attached hydrogens (tertiary/aromatic N) is 2. The third kappa shape index (κ3) is 2.71.